The Bertz CT molecular complexity index is 321. The zero-order chi connectivity index (χ0) is 12.2. The van der Waals surface area contributed by atoms with Crippen LogP contribution in [-0.2, 0) is 11.2 Å². The van der Waals surface area contributed by atoms with Crippen LogP contribution in [0.3, 0.4) is 0 Å². The maximum atomic E-state index is 12.4. The molecule has 0 aliphatic rings. The first kappa shape index (κ1) is 13.5. The van der Waals surface area contributed by atoms with E-state index in [1.54, 1.807) is 12.1 Å². The Hall–Kier alpha value is -0.550. The van der Waals surface area contributed by atoms with Gasteiger partial charge < -0.3 is 4.74 Å². The van der Waals surface area contributed by atoms with Crippen LogP contribution in [0.1, 0.15) is 12.0 Å². The van der Waals surface area contributed by atoms with Crippen LogP contribution >= 0.6 is 15.9 Å². The molecule has 1 aromatic carbocycles. The number of hydrogen-bond acceptors (Lipinski definition) is 1. The van der Waals surface area contributed by atoms with Crippen molar-refractivity contribution in [1.82, 2.24) is 0 Å². The molecule has 0 aliphatic heterocycles. The molecule has 90 valence electrons. The number of methoxy groups -OCH3 is 1. The van der Waals surface area contributed by atoms with Crippen molar-refractivity contribution in [2.45, 2.75) is 25.1 Å². The van der Waals surface area contributed by atoms with Gasteiger partial charge in [0.05, 0.1) is 0 Å². The third-order valence-corrected chi connectivity index (χ3v) is 2.79. The number of ether oxygens (including phenoxy) is 1. The maximum absolute atomic E-state index is 12.4. The first-order valence-electron chi connectivity index (χ1n) is 4.77. The minimum absolute atomic E-state index is 0.0539. The Kier molecular flexibility index (Phi) is 4.80. The summed E-state index contributed by atoms with van der Waals surface area (Å²) in [5.41, 5.74) is 0.870. The van der Waals surface area contributed by atoms with Gasteiger partial charge in [-0.1, -0.05) is 28.1 Å². The van der Waals surface area contributed by atoms with Crippen molar-refractivity contribution in [2.75, 3.05) is 7.11 Å². The van der Waals surface area contributed by atoms with Crippen molar-refractivity contribution in [3.8, 4) is 0 Å². The van der Waals surface area contributed by atoms with E-state index in [1.807, 2.05) is 12.1 Å². The maximum Gasteiger partial charge on any atom is 0.414 e. The quantitative estimate of drug-likeness (QED) is 0.817. The zero-order valence-corrected chi connectivity index (χ0v) is 10.3. The first-order valence-corrected chi connectivity index (χ1v) is 5.56. The van der Waals surface area contributed by atoms with Crippen LogP contribution < -0.4 is 0 Å². The molecule has 1 unspecified atom stereocenters. The second kappa shape index (κ2) is 5.68. The van der Waals surface area contributed by atoms with Crippen LogP contribution in [0.4, 0.5) is 13.2 Å². The van der Waals surface area contributed by atoms with Crippen LogP contribution in [-0.4, -0.2) is 19.4 Å². The highest BCUT2D eigenvalue weighted by molar-refractivity contribution is 9.10. The van der Waals surface area contributed by atoms with Gasteiger partial charge in [0.25, 0.3) is 0 Å². The lowest BCUT2D eigenvalue weighted by molar-refractivity contribution is -0.214. The van der Waals surface area contributed by atoms with E-state index in [1.165, 1.54) is 0 Å². The molecule has 0 radical (unpaired) electrons. The molecule has 0 heterocycles. The van der Waals surface area contributed by atoms with E-state index in [4.69, 9.17) is 0 Å². The molecule has 0 N–H and O–H groups in total. The number of halogens is 4. The Balaban J connectivity index is 2.53. The number of rotatable bonds is 4. The number of hydrogen-bond donors (Lipinski definition) is 0. The fourth-order valence-corrected chi connectivity index (χ4v) is 1.63. The van der Waals surface area contributed by atoms with Gasteiger partial charge in [-0.05, 0) is 30.5 Å². The number of benzene rings is 1. The lowest BCUT2D eigenvalue weighted by Crippen LogP contribution is -2.31. The van der Waals surface area contributed by atoms with Crippen LogP contribution in [0.15, 0.2) is 28.7 Å². The summed E-state index contributed by atoms with van der Waals surface area (Å²) in [7, 11) is 1.08. The standard InChI is InChI=1S/C11H12BrF3O/c1-16-10(11(13,14)15)7-4-8-2-5-9(12)6-3-8/h2-3,5-6,10H,4,7H2,1H3. The summed E-state index contributed by atoms with van der Waals surface area (Å²) in [4.78, 5) is 0. The van der Waals surface area contributed by atoms with Crippen molar-refractivity contribution in [3.05, 3.63) is 34.3 Å². The molecule has 0 bridgehead atoms. The minimum atomic E-state index is -4.29. The molecule has 0 fully saturated rings. The van der Waals surface area contributed by atoms with Crippen molar-refractivity contribution in [2.24, 2.45) is 0 Å². The van der Waals surface area contributed by atoms with Gasteiger partial charge in [-0.2, -0.15) is 13.2 Å². The van der Waals surface area contributed by atoms with E-state index < -0.39 is 12.3 Å². The smallest absolute Gasteiger partial charge is 0.372 e. The average molecular weight is 297 g/mol. The van der Waals surface area contributed by atoms with Crippen LogP contribution in [0.25, 0.3) is 0 Å². The predicted molar refractivity (Wildman–Crippen MR) is 59.3 cm³/mol. The fourth-order valence-electron chi connectivity index (χ4n) is 1.36. The van der Waals surface area contributed by atoms with E-state index >= 15 is 0 Å². The fraction of sp³-hybridized carbons (Fsp3) is 0.455. The topological polar surface area (TPSA) is 9.23 Å². The molecule has 1 aromatic rings. The van der Waals surface area contributed by atoms with Crippen molar-refractivity contribution in [1.29, 1.82) is 0 Å². The van der Waals surface area contributed by atoms with E-state index in [0.29, 0.717) is 6.42 Å². The highest BCUT2D eigenvalue weighted by Gasteiger charge is 2.39. The molecule has 0 aromatic heterocycles. The Morgan fingerprint density at radius 2 is 1.81 bits per heavy atom. The molecular formula is C11H12BrF3O. The van der Waals surface area contributed by atoms with Gasteiger partial charge in [0.15, 0.2) is 6.10 Å². The molecule has 16 heavy (non-hydrogen) atoms. The second-order valence-electron chi connectivity index (χ2n) is 3.43. The highest BCUT2D eigenvalue weighted by Crippen LogP contribution is 2.26. The van der Waals surface area contributed by atoms with Crippen molar-refractivity contribution < 1.29 is 17.9 Å². The molecule has 1 nitrogen and oxygen atoms in total. The summed E-state index contributed by atoms with van der Waals surface area (Å²) in [6.07, 6.45) is -5.67. The summed E-state index contributed by atoms with van der Waals surface area (Å²) in [6.45, 7) is 0. The lowest BCUT2D eigenvalue weighted by atomic mass is 10.1. The van der Waals surface area contributed by atoms with Crippen molar-refractivity contribution >= 4 is 15.9 Å². The normalized spacial score (nSPS) is 13.8. The van der Waals surface area contributed by atoms with Crippen LogP contribution in [0.2, 0.25) is 0 Å². The first-order chi connectivity index (χ1) is 7.43. The summed E-state index contributed by atoms with van der Waals surface area (Å²) < 4.78 is 42.4. The largest absolute Gasteiger partial charge is 0.414 e. The summed E-state index contributed by atoms with van der Waals surface area (Å²) in [6, 6.07) is 7.22. The summed E-state index contributed by atoms with van der Waals surface area (Å²) in [5.74, 6) is 0. The molecule has 1 atom stereocenters. The SMILES string of the molecule is COC(CCc1ccc(Br)cc1)C(F)(F)F. The van der Waals surface area contributed by atoms with Gasteiger partial charge in [0.2, 0.25) is 0 Å². The van der Waals surface area contributed by atoms with Gasteiger partial charge in [-0.3, -0.25) is 0 Å². The summed E-state index contributed by atoms with van der Waals surface area (Å²) >= 11 is 3.27. The lowest BCUT2D eigenvalue weighted by Gasteiger charge is -2.18. The molecule has 5 heteroatoms. The third kappa shape index (κ3) is 4.14. The Morgan fingerprint density at radius 3 is 2.25 bits per heavy atom. The van der Waals surface area contributed by atoms with Gasteiger partial charge >= 0.3 is 6.18 Å². The van der Waals surface area contributed by atoms with Gasteiger partial charge in [0.1, 0.15) is 0 Å². The monoisotopic (exact) mass is 296 g/mol. The van der Waals surface area contributed by atoms with Crippen molar-refractivity contribution in [3.63, 3.8) is 0 Å². The van der Waals surface area contributed by atoms with Gasteiger partial charge in [0, 0.05) is 11.6 Å². The van der Waals surface area contributed by atoms with Crippen LogP contribution in [0, 0.1) is 0 Å². The second-order valence-corrected chi connectivity index (χ2v) is 4.35. The zero-order valence-electron chi connectivity index (χ0n) is 8.72. The molecule has 0 saturated heterocycles. The van der Waals surface area contributed by atoms with E-state index in [9.17, 15) is 13.2 Å². The molecule has 0 saturated carbocycles. The Morgan fingerprint density at radius 1 is 1.25 bits per heavy atom. The van der Waals surface area contributed by atoms with Crippen LogP contribution in [0.5, 0.6) is 0 Å². The minimum Gasteiger partial charge on any atom is -0.372 e. The van der Waals surface area contributed by atoms with E-state index in [0.717, 1.165) is 17.1 Å². The molecule has 1 rings (SSSR count). The third-order valence-electron chi connectivity index (χ3n) is 2.26. The Labute approximate surface area is 101 Å². The summed E-state index contributed by atoms with van der Waals surface area (Å²) in [5, 5.41) is 0. The molecule has 0 aliphatic carbocycles. The van der Waals surface area contributed by atoms with Gasteiger partial charge in [-0.25, -0.2) is 0 Å². The number of aryl methyl sites for hydroxylation is 1. The molecule has 0 spiro atoms. The average Bonchev–Trinajstić information content (AvgIpc) is 2.19. The highest BCUT2D eigenvalue weighted by atomic mass is 79.9. The van der Waals surface area contributed by atoms with E-state index in [2.05, 4.69) is 20.7 Å². The predicted octanol–water partition coefficient (Wildman–Crippen LogP) is 3.96. The molecular weight excluding hydrogens is 285 g/mol. The number of alkyl halides is 3. The molecule has 0 amide bonds. The van der Waals surface area contributed by atoms with Gasteiger partial charge in [-0.15, -0.1) is 0 Å². The van der Waals surface area contributed by atoms with E-state index in [-0.39, 0.29) is 6.42 Å².